The van der Waals surface area contributed by atoms with E-state index in [9.17, 15) is 4.79 Å². The number of rotatable bonds is 10. The maximum Gasteiger partial charge on any atom is 0.243 e. The van der Waals surface area contributed by atoms with E-state index in [2.05, 4.69) is 81.0 Å². The van der Waals surface area contributed by atoms with E-state index >= 15 is 0 Å². The van der Waals surface area contributed by atoms with Crippen LogP contribution in [0.15, 0.2) is 18.3 Å². The van der Waals surface area contributed by atoms with Crippen LogP contribution in [0, 0.1) is 5.92 Å². The van der Waals surface area contributed by atoms with E-state index in [1.807, 2.05) is 0 Å². The number of amides is 1. The molecule has 2 heterocycles. The molecule has 2 N–H and O–H groups in total. The van der Waals surface area contributed by atoms with Crippen LogP contribution in [0.2, 0.25) is 25.7 Å². The van der Waals surface area contributed by atoms with Gasteiger partial charge in [-0.25, -0.2) is 0 Å². The van der Waals surface area contributed by atoms with Gasteiger partial charge in [0.1, 0.15) is 6.04 Å². The zero-order chi connectivity index (χ0) is 24.2. The van der Waals surface area contributed by atoms with Crippen LogP contribution in [0.3, 0.4) is 0 Å². The Balaban J connectivity index is 1.96. The molecule has 4 nitrogen and oxygen atoms in total. The zero-order valence-corrected chi connectivity index (χ0v) is 23.2. The van der Waals surface area contributed by atoms with Crippen molar-refractivity contribution >= 4 is 30.6 Å². The number of H-pyrrole nitrogens is 1. The number of aromatic amines is 1. The van der Waals surface area contributed by atoms with Gasteiger partial charge in [-0.1, -0.05) is 78.6 Å². The molecule has 184 valence electrons. The Labute approximate surface area is 202 Å². The van der Waals surface area contributed by atoms with Crippen molar-refractivity contribution in [2.24, 2.45) is 5.92 Å². The quantitative estimate of drug-likeness (QED) is 0.293. The highest BCUT2D eigenvalue weighted by Crippen LogP contribution is 2.36. The van der Waals surface area contributed by atoms with Crippen LogP contribution in [-0.4, -0.2) is 38.1 Å². The summed E-state index contributed by atoms with van der Waals surface area (Å²) < 4.78 is 0. The van der Waals surface area contributed by atoms with E-state index < -0.39 is 8.07 Å². The first-order valence-electron chi connectivity index (χ1n) is 13.3. The van der Waals surface area contributed by atoms with Crippen molar-refractivity contribution in [2.45, 2.75) is 110 Å². The molecule has 0 saturated carbocycles. The Bertz CT molecular complexity index is 927. The number of nitrogens with zero attached hydrogens (tertiary/aromatic N) is 1. The van der Waals surface area contributed by atoms with Crippen LogP contribution in [0.1, 0.15) is 70.4 Å². The Kier molecular flexibility index (Phi) is 8.71. The summed E-state index contributed by atoms with van der Waals surface area (Å²) in [5.41, 5.74) is 5.25. The molecule has 5 heteroatoms. The molecule has 0 spiro atoms. The van der Waals surface area contributed by atoms with Crippen LogP contribution in [0.5, 0.6) is 0 Å². The predicted molar refractivity (Wildman–Crippen MR) is 146 cm³/mol. The van der Waals surface area contributed by atoms with E-state index in [-0.39, 0.29) is 23.9 Å². The molecule has 1 aliphatic heterocycles. The summed E-state index contributed by atoms with van der Waals surface area (Å²) in [6.45, 7) is 13.8. The number of likely N-dealkylation sites (N-methyl/N-ethyl adjacent to an activating group) is 1. The number of anilines is 1. The molecule has 1 aliphatic rings. The Morgan fingerprint density at radius 2 is 1.79 bits per heavy atom. The average Bonchev–Trinajstić information content (AvgIpc) is 3.13. The smallest absolute Gasteiger partial charge is 0.243 e. The fraction of sp³-hybridized carbons (Fsp3) is 0.679. The number of hydrogen-bond acceptors (Lipinski definition) is 2. The summed E-state index contributed by atoms with van der Waals surface area (Å²) in [5, 5.41) is 4.80. The molecule has 0 unspecified atom stereocenters. The van der Waals surface area contributed by atoms with Gasteiger partial charge in [-0.2, -0.15) is 0 Å². The summed E-state index contributed by atoms with van der Waals surface area (Å²) >= 11 is 0. The van der Waals surface area contributed by atoms with Gasteiger partial charge in [0.05, 0.1) is 5.52 Å². The lowest BCUT2D eigenvalue weighted by Gasteiger charge is -2.33. The first-order valence-corrected chi connectivity index (χ1v) is 17.0. The first kappa shape index (κ1) is 25.9. The molecule has 1 aromatic carbocycles. The molecule has 2 aromatic rings. The molecule has 1 aromatic heterocycles. The van der Waals surface area contributed by atoms with E-state index in [1.165, 1.54) is 66.2 Å². The second-order valence-electron chi connectivity index (χ2n) is 11.8. The third-order valence-electron chi connectivity index (χ3n) is 7.15. The van der Waals surface area contributed by atoms with Crippen molar-refractivity contribution in [3.63, 3.8) is 0 Å². The van der Waals surface area contributed by atoms with E-state index in [4.69, 9.17) is 0 Å². The summed E-state index contributed by atoms with van der Waals surface area (Å²) in [5.74, 6) is 0.412. The van der Waals surface area contributed by atoms with Gasteiger partial charge in [0.25, 0.3) is 0 Å². The minimum absolute atomic E-state index is 0.164. The highest BCUT2D eigenvalue weighted by atomic mass is 28.3. The van der Waals surface area contributed by atoms with Gasteiger partial charge in [-0.3, -0.25) is 4.79 Å². The Hall–Kier alpha value is -1.75. The summed E-state index contributed by atoms with van der Waals surface area (Å²) in [7, 11) is 0.768. The van der Waals surface area contributed by atoms with Crippen LogP contribution >= 0.6 is 0 Å². The number of aryl methyl sites for hydroxylation is 1. The molecule has 3 rings (SSSR count). The monoisotopic (exact) mass is 469 g/mol. The summed E-state index contributed by atoms with van der Waals surface area (Å²) in [4.78, 5) is 19.3. The molecule has 0 radical (unpaired) electrons. The second kappa shape index (κ2) is 11.1. The van der Waals surface area contributed by atoms with Crippen molar-refractivity contribution in [3.05, 3.63) is 29.5 Å². The van der Waals surface area contributed by atoms with Crippen molar-refractivity contribution in [1.82, 2.24) is 10.3 Å². The summed E-state index contributed by atoms with van der Waals surface area (Å²) in [6.07, 6.45) is 12.2. The molecule has 33 heavy (non-hydrogen) atoms. The van der Waals surface area contributed by atoms with Gasteiger partial charge >= 0.3 is 0 Å². The van der Waals surface area contributed by atoms with Gasteiger partial charge in [-0.15, -0.1) is 0 Å². The van der Waals surface area contributed by atoms with Crippen molar-refractivity contribution in [2.75, 3.05) is 11.9 Å². The second-order valence-corrected chi connectivity index (χ2v) is 17.3. The molecule has 0 saturated heterocycles. The maximum atomic E-state index is 13.4. The largest absolute Gasteiger partial charge is 0.362 e. The maximum absolute atomic E-state index is 13.4. The lowest BCUT2D eigenvalue weighted by atomic mass is 9.97. The number of carbonyl (C=O) groups excluding carboxylic acids is 1. The van der Waals surface area contributed by atoms with E-state index in [1.54, 1.807) is 0 Å². The fourth-order valence-corrected chi connectivity index (χ4v) is 7.38. The molecule has 0 aliphatic carbocycles. The van der Waals surface area contributed by atoms with Crippen LogP contribution in [0.25, 0.3) is 10.9 Å². The number of aromatic nitrogens is 1. The van der Waals surface area contributed by atoms with Gasteiger partial charge in [0.15, 0.2) is 0 Å². The lowest BCUT2D eigenvalue weighted by molar-refractivity contribution is -0.123. The molecular formula is C28H47N3OSi. The van der Waals surface area contributed by atoms with Crippen LogP contribution < -0.4 is 10.2 Å². The first-order chi connectivity index (χ1) is 15.6. The summed E-state index contributed by atoms with van der Waals surface area (Å²) in [6, 6.07) is 5.71. The molecule has 1 amide bonds. The molecule has 0 bridgehead atoms. The van der Waals surface area contributed by atoms with Gasteiger partial charge < -0.3 is 15.2 Å². The normalized spacial score (nSPS) is 19.5. The van der Waals surface area contributed by atoms with Crippen molar-refractivity contribution in [1.29, 1.82) is 0 Å². The van der Waals surface area contributed by atoms with Crippen molar-refractivity contribution < 1.29 is 4.79 Å². The predicted octanol–water partition coefficient (Wildman–Crippen LogP) is 6.91. The molecular weight excluding hydrogens is 422 g/mol. The van der Waals surface area contributed by atoms with Gasteiger partial charge in [0, 0.05) is 38.4 Å². The number of unbranched alkanes of at least 4 members (excludes halogenated alkanes) is 5. The highest BCUT2D eigenvalue weighted by Gasteiger charge is 2.33. The number of benzene rings is 1. The van der Waals surface area contributed by atoms with Crippen molar-refractivity contribution in [3.8, 4) is 0 Å². The topological polar surface area (TPSA) is 48.1 Å². The third-order valence-corrected chi connectivity index (χ3v) is 8.87. The molecule has 2 atom stereocenters. The number of nitrogens with one attached hydrogen (secondary N) is 2. The van der Waals surface area contributed by atoms with Crippen LogP contribution in [0.4, 0.5) is 5.69 Å². The zero-order valence-electron chi connectivity index (χ0n) is 22.2. The van der Waals surface area contributed by atoms with Crippen LogP contribution in [-0.2, 0) is 17.6 Å². The SMILES string of the molecule is CCCCCCCCc1ccc2c3c(c[nH]c13)C[C@@H](C[Si](C)(C)C)NC(=O)[C@H](C(C)C)N2C. The average molecular weight is 470 g/mol. The number of carbonyl (C=O) groups is 1. The minimum atomic E-state index is -1.33. The fourth-order valence-electron chi connectivity index (χ4n) is 5.66. The Morgan fingerprint density at radius 1 is 1.09 bits per heavy atom. The number of hydrogen-bond donors (Lipinski definition) is 2. The Morgan fingerprint density at radius 3 is 2.45 bits per heavy atom. The van der Waals surface area contributed by atoms with Gasteiger partial charge in [-0.05, 0) is 48.4 Å². The molecule has 0 fully saturated rings. The third kappa shape index (κ3) is 6.43. The van der Waals surface area contributed by atoms with E-state index in [0.29, 0.717) is 0 Å². The van der Waals surface area contributed by atoms with Gasteiger partial charge in [0.2, 0.25) is 5.91 Å². The lowest BCUT2D eigenvalue weighted by Crippen LogP contribution is -2.52. The van der Waals surface area contributed by atoms with E-state index in [0.717, 1.165) is 18.9 Å². The standard InChI is InChI=1S/C28H47N3OSi/c1-8-9-10-11-12-13-14-21-15-16-24-25-22(18-29-26(21)25)17-23(19-33(5,6)7)30-28(32)27(20(2)3)31(24)4/h15-16,18,20,23,27,29H,8-14,17,19H2,1-7H3,(H,30,32)/t23-,27-/m0/s1. The highest BCUT2D eigenvalue weighted by molar-refractivity contribution is 6.76. The minimum Gasteiger partial charge on any atom is -0.362 e.